The van der Waals surface area contributed by atoms with E-state index in [0.29, 0.717) is 5.56 Å². The van der Waals surface area contributed by atoms with Crippen LogP contribution >= 0.6 is 0 Å². The van der Waals surface area contributed by atoms with Gasteiger partial charge in [0, 0.05) is 18.6 Å². The van der Waals surface area contributed by atoms with E-state index < -0.39 is 21.6 Å². The van der Waals surface area contributed by atoms with Gasteiger partial charge in [-0.15, -0.1) is 0 Å². The second kappa shape index (κ2) is 7.06. The first kappa shape index (κ1) is 17.7. The Bertz CT molecular complexity index is 574. The minimum atomic E-state index is -4.39. The second-order valence-electron chi connectivity index (χ2n) is 4.75. The zero-order valence-corrected chi connectivity index (χ0v) is 12.4. The predicted molar refractivity (Wildman–Crippen MR) is 73.7 cm³/mol. The number of hydrogen-bond donors (Lipinski definition) is 0. The van der Waals surface area contributed by atoms with E-state index >= 15 is 0 Å². The van der Waals surface area contributed by atoms with Gasteiger partial charge in [-0.2, -0.15) is 13.2 Å². The van der Waals surface area contributed by atoms with Crippen LogP contribution in [0.25, 0.3) is 0 Å². The molecule has 0 aliphatic heterocycles. The topological polar surface area (TPSA) is 51.2 Å². The average Bonchev–Trinajstić information content (AvgIpc) is 2.38. The summed E-state index contributed by atoms with van der Waals surface area (Å²) in [5.41, 5.74) is -0.265. The van der Waals surface area contributed by atoms with Crippen molar-refractivity contribution in [2.75, 3.05) is 11.5 Å². The number of Topliss-reactive ketones (excluding diaryl/α,β-unsaturated/α-hetero) is 1. The van der Waals surface area contributed by atoms with Crippen molar-refractivity contribution in [1.82, 2.24) is 0 Å². The molecule has 1 rings (SSSR count). The summed E-state index contributed by atoms with van der Waals surface area (Å²) < 4.78 is 59.6. The van der Waals surface area contributed by atoms with E-state index in [1.54, 1.807) is 6.92 Å². The Balaban J connectivity index is 2.49. The van der Waals surface area contributed by atoms with Crippen LogP contribution < -0.4 is 0 Å². The molecule has 0 spiro atoms. The molecule has 0 aromatic heterocycles. The molecular formula is C14H17F3O3S. The van der Waals surface area contributed by atoms with Gasteiger partial charge in [0.05, 0.1) is 11.3 Å². The van der Waals surface area contributed by atoms with Gasteiger partial charge in [-0.25, -0.2) is 8.42 Å². The molecule has 1 aromatic rings. The molecule has 0 atom stereocenters. The highest BCUT2D eigenvalue weighted by Gasteiger charge is 2.29. The zero-order chi connectivity index (χ0) is 16.1. The summed E-state index contributed by atoms with van der Waals surface area (Å²) in [7, 11) is -3.09. The lowest BCUT2D eigenvalue weighted by molar-refractivity contribution is -0.137. The minimum Gasteiger partial charge on any atom is -0.299 e. The summed E-state index contributed by atoms with van der Waals surface area (Å²) in [6, 6.07) is 4.40. The fourth-order valence-corrected chi connectivity index (χ4v) is 2.63. The summed E-state index contributed by atoms with van der Waals surface area (Å²) >= 11 is 0. The molecule has 0 N–H and O–H groups in total. The first-order valence-electron chi connectivity index (χ1n) is 6.52. The molecule has 0 bridgehead atoms. The highest BCUT2D eigenvalue weighted by molar-refractivity contribution is 7.91. The van der Waals surface area contributed by atoms with Gasteiger partial charge in [0.25, 0.3) is 0 Å². The molecule has 3 nitrogen and oxygen atoms in total. The molecule has 7 heteroatoms. The van der Waals surface area contributed by atoms with Crippen LogP contribution in [0.1, 0.15) is 30.9 Å². The van der Waals surface area contributed by atoms with E-state index in [1.807, 2.05) is 0 Å². The maximum absolute atomic E-state index is 12.4. The van der Waals surface area contributed by atoms with Crippen molar-refractivity contribution >= 4 is 15.6 Å². The summed E-state index contributed by atoms with van der Waals surface area (Å²) in [4.78, 5) is 11.7. The van der Waals surface area contributed by atoms with Crippen molar-refractivity contribution in [3.8, 4) is 0 Å². The van der Waals surface area contributed by atoms with E-state index in [9.17, 15) is 26.4 Å². The van der Waals surface area contributed by atoms with Crippen LogP contribution in [0.5, 0.6) is 0 Å². The third-order valence-electron chi connectivity index (χ3n) is 3.03. The molecule has 0 saturated heterocycles. The Morgan fingerprint density at radius 1 is 1.14 bits per heavy atom. The lowest BCUT2D eigenvalue weighted by atomic mass is 10.0. The van der Waals surface area contributed by atoms with Gasteiger partial charge in [-0.1, -0.05) is 19.1 Å². The van der Waals surface area contributed by atoms with Crippen molar-refractivity contribution in [3.63, 3.8) is 0 Å². The van der Waals surface area contributed by atoms with Crippen LogP contribution in [0.4, 0.5) is 13.2 Å². The smallest absolute Gasteiger partial charge is 0.299 e. The van der Waals surface area contributed by atoms with Crippen molar-refractivity contribution in [3.05, 3.63) is 35.4 Å². The number of ketones is 1. The SMILES string of the molecule is CCS(=O)(=O)CCCC(=O)Cc1ccc(C(F)(F)F)cc1. The van der Waals surface area contributed by atoms with E-state index in [0.717, 1.165) is 12.1 Å². The largest absolute Gasteiger partial charge is 0.416 e. The van der Waals surface area contributed by atoms with E-state index in [2.05, 4.69) is 0 Å². The number of sulfone groups is 1. The Morgan fingerprint density at radius 3 is 2.19 bits per heavy atom. The van der Waals surface area contributed by atoms with Crippen molar-refractivity contribution in [2.45, 2.75) is 32.4 Å². The van der Waals surface area contributed by atoms with Gasteiger partial charge in [0.1, 0.15) is 15.6 Å². The Labute approximate surface area is 122 Å². The molecule has 21 heavy (non-hydrogen) atoms. The maximum Gasteiger partial charge on any atom is 0.416 e. The summed E-state index contributed by atoms with van der Waals surface area (Å²) in [6.07, 6.45) is -4.02. The molecule has 0 heterocycles. The molecule has 0 aliphatic rings. The quantitative estimate of drug-likeness (QED) is 0.775. The Hall–Kier alpha value is -1.37. The van der Waals surface area contributed by atoms with Crippen LogP contribution in [0.2, 0.25) is 0 Å². The molecule has 0 fully saturated rings. The number of hydrogen-bond acceptors (Lipinski definition) is 3. The maximum atomic E-state index is 12.4. The van der Waals surface area contributed by atoms with Crippen LogP contribution in [-0.4, -0.2) is 25.7 Å². The van der Waals surface area contributed by atoms with Crippen LogP contribution in [0, 0.1) is 0 Å². The van der Waals surface area contributed by atoms with Crippen LogP contribution in [0.15, 0.2) is 24.3 Å². The molecule has 0 amide bonds. The lowest BCUT2D eigenvalue weighted by Crippen LogP contribution is -2.11. The third kappa shape index (κ3) is 6.29. The predicted octanol–water partition coefficient (Wildman–Crippen LogP) is 3.03. The van der Waals surface area contributed by atoms with Gasteiger partial charge in [0.2, 0.25) is 0 Å². The lowest BCUT2D eigenvalue weighted by Gasteiger charge is -2.07. The normalized spacial score (nSPS) is 12.4. The highest BCUT2D eigenvalue weighted by atomic mass is 32.2. The molecule has 1 aromatic carbocycles. The molecule has 0 aliphatic carbocycles. The molecule has 118 valence electrons. The number of alkyl halides is 3. The van der Waals surface area contributed by atoms with Crippen molar-refractivity contribution < 1.29 is 26.4 Å². The number of carbonyl (C=O) groups is 1. The fourth-order valence-electron chi connectivity index (χ4n) is 1.76. The molecule has 0 radical (unpaired) electrons. The number of carbonyl (C=O) groups excluding carboxylic acids is 1. The van der Waals surface area contributed by atoms with Gasteiger partial charge < -0.3 is 0 Å². The molecular weight excluding hydrogens is 305 g/mol. The van der Waals surface area contributed by atoms with Crippen molar-refractivity contribution in [1.29, 1.82) is 0 Å². The average molecular weight is 322 g/mol. The number of halogens is 3. The molecule has 0 saturated carbocycles. The number of rotatable bonds is 7. The van der Waals surface area contributed by atoms with Crippen molar-refractivity contribution in [2.24, 2.45) is 0 Å². The van der Waals surface area contributed by atoms with Gasteiger partial charge in [-0.05, 0) is 24.1 Å². The van der Waals surface area contributed by atoms with Crippen LogP contribution in [0.3, 0.4) is 0 Å². The standard InChI is InChI=1S/C14H17F3O3S/c1-2-21(19,20)9-3-4-13(18)10-11-5-7-12(8-6-11)14(15,16)17/h5-8H,2-4,9-10H2,1H3. The van der Waals surface area contributed by atoms with E-state index in [1.165, 1.54) is 12.1 Å². The zero-order valence-electron chi connectivity index (χ0n) is 11.6. The Morgan fingerprint density at radius 2 is 1.71 bits per heavy atom. The van der Waals surface area contributed by atoms with Gasteiger partial charge in [-0.3, -0.25) is 4.79 Å². The van der Waals surface area contributed by atoms with Crippen LogP contribution in [-0.2, 0) is 27.2 Å². The summed E-state index contributed by atoms with van der Waals surface area (Å²) in [5, 5.41) is 0. The third-order valence-corrected chi connectivity index (χ3v) is 4.82. The highest BCUT2D eigenvalue weighted by Crippen LogP contribution is 2.29. The van der Waals surface area contributed by atoms with Gasteiger partial charge in [0.15, 0.2) is 0 Å². The summed E-state index contributed by atoms with van der Waals surface area (Å²) in [5.74, 6) is -0.177. The van der Waals surface area contributed by atoms with Gasteiger partial charge >= 0.3 is 6.18 Å². The second-order valence-corrected chi connectivity index (χ2v) is 7.22. The van der Waals surface area contributed by atoms with E-state index in [4.69, 9.17) is 0 Å². The first-order valence-corrected chi connectivity index (χ1v) is 8.34. The Kier molecular flexibility index (Phi) is 5.95. The fraction of sp³-hybridized carbons (Fsp3) is 0.500. The monoisotopic (exact) mass is 322 g/mol. The minimum absolute atomic E-state index is 0.0182. The number of benzene rings is 1. The summed E-state index contributed by atoms with van der Waals surface area (Å²) in [6.45, 7) is 1.54. The first-order chi connectivity index (χ1) is 9.64. The van der Waals surface area contributed by atoms with E-state index in [-0.39, 0.29) is 36.6 Å². The molecule has 0 unspecified atom stereocenters.